The first-order chi connectivity index (χ1) is 20.4. The van der Waals surface area contributed by atoms with Crippen molar-refractivity contribution in [2.24, 2.45) is 5.73 Å². The van der Waals surface area contributed by atoms with Gasteiger partial charge in [-0.1, -0.05) is 12.1 Å². The molecule has 1 aliphatic heterocycles. The predicted molar refractivity (Wildman–Crippen MR) is 162 cm³/mol. The van der Waals surface area contributed by atoms with E-state index < -0.39 is 11.9 Å². The Bertz CT molecular complexity index is 1630. The van der Waals surface area contributed by atoms with Crippen LogP contribution in [0.4, 0.5) is 5.69 Å². The molecule has 11 heteroatoms. The number of amides is 2. The van der Waals surface area contributed by atoms with Crippen LogP contribution < -0.4 is 26.4 Å². The Morgan fingerprint density at radius 3 is 2.55 bits per heavy atom. The number of carbonyl (C=O) groups excluding carboxylic acids is 3. The van der Waals surface area contributed by atoms with Crippen molar-refractivity contribution in [1.82, 2.24) is 15.6 Å². The third kappa shape index (κ3) is 6.03. The van der Waals surface area contributed by atoms with E-state index in [9.17, 15) is 14.4 Å². The van der Waals surface area contributed by atoms with Gasteiger partial charge in [0.15, 0.2) is 5.69 Å². The van der Waals surface area contributed by atoms with Crippen molar-refractivity contribution < 1.29 is 23.9 Å². The number of nitrogens with zero attached hydrogens (tertiary/aromatic N) is 1. The van der Waals surface area contributed by atoms with Gasteiger partial charge in [-0.15, -0.1) is 11.3 Å². The first-order valence-corrected chi connectivity index (χ1v) is 14.3. The van der Waals surface area contributed by atoms with Crippen LogP contribution in [0.5, 0.6) is 5.75 Å². The lowest BCUT2D eigenvalue weighted by molar-refractivity contribution is 0.0594. The van der Waals surface area contributed by atoms with Crippen molar-refractivity contribution in [2.45, 2.75) is 13.0 Å². The van der Waals surface area contributed by atoms with Crippen LogP contribution >= 0.6 is 11.3 Å². The second-order valence-electron chi connectivity index (χ2n) is 9.57. The van der Waals surface area contributed by atoms with Crippen molar-refractivity contribution >= 4 is 34.8 Å². The second kappa shape index (κ2) is 12.9. The van der Waals surface area contributed by atoms with E-state index in [1.165, 1.54) is 13.2 Å². The van der Waals surface area contributed by atoms with Gasteiger partial charge in [0, 0.05) is 58.9 Å². The van der Waals surface area contributed by atoms with Gasteiger partial charge < -0.3 is 31.2 Å². The Labute approximate surface area is 247 Å². The van der Waals surface area contributed by atoms with E-state index in [4.69, 9.17) is 15.2 Å². The van der Waals surface area contributed by atoms with Crippen LogP contribution in [-0.2, 0) is 17.7 Å². The Hall–Kier alpha value is -4.58. The standard InChI is InChI=1S/C31H31N5O5S/c1-33-11-12-34-30(38)25-8-7-21(27(36-25)31(39)40-2)22-16-26-24(28-19(9-13-41-26)10-14-42-28)15-23(22)29(37)35-20-5-3-18(17-32)4-6-20/h3-8,10,14-16,33H,9,11-13,17,32H2,1-2H3,(H,34,38)(H,35,37). The molecule has 1 aliphatic rings. The predicted octanol–water partition coefficient (Wildman–Crippen LogP) is 3.86. The van der Waals surface area contributed by atoms with Crippen LogP contribution in [0.2, 0.25) is 0 Å². The summed E-state index contributed by atoms with van der Waals surface area (Å²) in [6.07, 6.45) is 0.726. The molecule has 2 aromatic carbocycles. The first-order valence-electron chi connectivity index (χ1n) is 13.4. The number of fused-ring (bicyclic) bond motifs is 3. The highest BCUT2D eigenvalue weighted by atomic mass is 32.1. The average molecular weight is 586 g/mol. The van der Waals surface area contributed by atoms with Crippen molar-refractivity contribution in [3.8, 4) is 27.3 Å². The molecule has 0 bridgehead atoms. The molecule has 2 amide bonds. The number of anilines is 1. The molecule has 0 fully saturated rings. The lowest BCUT2D eigenvalue weighted by atomic mass is 9.93. The summed E-state index contributed by atoms with van der Waals surface area (Å²) in [7, 11) is 3.02. The number of nitrogens with two attached hydrogens (primary N) is 1. The summed E-state index contributed by atoms with van der Waals surface area (Å²) < 4.78 is 11.2. The van der Waals surface area contributed by atoms with Gasteiger partial charge in [0.25, 0.3) is 11.8 Å². The summed E-state index contributed by atoms with van der Waals surface area (Å²) in [5.41, 5.74) is 10.2. The van der Waals surface area contributed by atoms with E-state index in [2.05, 4.69) is 27.0 Å². The number of aromatic nitrogens is 1. The molecular formula is C31H31N5O5S. The van der Waals surface area contributed by atoms with Gasteiger partial charge in [0.2, 0.25) is 0 Å². The van der Waals surface area contributed by atoms with Crippen molar-refractivity contribution in [3.05, 3.63) is 88.1 Å². The number of rotatable bonds is 9. The van der Waals surface area contributed by atoms with Crippen molar-refractivity contribution in [1.29, 1.82) is 0 Å². The van der Waals surface area contributed by atoms with Crippen LogP contribution in [0.1, 0.15) is 42.5 Å². The summed E-state index contributed by atoms with van der Waals surface area (Å²) in [5.74, 6) is -0.980. The number of nitrogens with one attached hydrogen (secondary N) is 3. The number of thiophene rings is 1. The molecule has 42 heavy (non-hydrogen) atoms. The number of esters is 1. The van der Waals surface area contributed by atoms with Gasteiger partial charge in [-0.2, -0.15) is 0 Å². The number of methoxy groups -OCH3 is 1. The zero-order chi connectivity index (χ0) is 29.6. The van der Waals surface area contributed by atoms with E-state index in [1.807, 2.05) is 17.5 Å². The number of likely N-dealkylation sites (N-methyl/N-ethyl adjacent to an activating group) is 1. The quantitative estimate of drug-likeness (QED) is 0.171. The highest BCUT2D eigenvalue weighted by Gasteiger charge is 2.27. The fourth-order valence-electron chi connectivity index (χ4n) is 4.70. The topological polar surface area (TPSA) is 145 Å². The van der Waals surface area contributed by atoms with Gasteiger partial charge >= 0.3 is 5.97 Å². The van der Waals surface area contributed by atoms with Gasteiger partial charge in [-0.25, -0.2) is 9.78 Å². The molecule has 2 aromatic heterocycles. The third-order valence-corrected chi connectivity index (χ3v) is 7.88. The summed E-state index contributed by atoms with van der Waals surface area (Å²) in [5, 5.41) is 10.7. The number of carbonyl (C=O) groups is 3. The smallest absolute Gasteiger partial charge is 0.357 e. The molecule has 0 unspecified atom stereocenters. The molecule has 0 saturated heterocycles. The molecule has 0 spiro atoms. The van der Waals surface area contributed by atoms with Crippen LogP contribution in [0.3, 0.4) is 0 Å². The maximum Gasteiger partial charge on any atom is 0.357 e. The molecule has 5 N–H and O–H groups in total. The number of hydrogen-bond donors (Lipinski definition) is 4. The number of benzene rings is 2. The maximum absolute atomic E-state index is 13.9. The van der Waals surface area contributed by atoms with E-state index in [-0.39, 0.29) is 17.3 Å². The Kier molecular flexibility index (Phi) is 8.91. The molecule has 0 atom stereocenters. The molecule has 4 aromatic rings. The van der Waals surface area contributed by atoms with E-state index in [0.29, 0.717) is 54.4 Å². The Morgan fingerprint density at radius 2 is 1.81 bits per heavy atom. The number of hydrogen-bond acceptors (Lipinski definition) is 9. The minimum absolute atomic E-state index is 0.0514. The zero-order valence-corrected chi connectivity index (χ0v) is 24.1. The van der Waals surface area contributed by atoms with Gasteiger partial charge in [0.1, 0.15) is 11.4 Å². The molecule has 0 radical (unpaired) electrons. The molecule has 5 rings (SSSR count). The van der Waals surface area contributed by atoms with Crippen LogP contribution in [0.15, 0.2) is 60.0 Å². The first kappa shape index (κ1) is 28.9. The van der Waals surface area contributed by atoms with Crippen LogP contribution in [0, 0.1) is 0 Å². The van der Waals surface area contributed by atoms with Crippen LogP contribution in [0.25, 0.3) is 21.6 Å². The highest BCUT2D eigenvalue weighted by Crippen LogP contribution is 2.43. The number of pyridine rings is 1. The average Bonchev–Trinajstić information content (AvgIpc) is 3.41. The molecule has 10 nitrogen and oxygen atoms in total. The summed E-state index contributed by atoms with van der Waals surface area (Å²) in [4.78, 5) is 45.0. The maximum atomic E-state index is 13.9. The normalized spacial score (nSPS) is 11.9. The molecule has 0 aliphatic carbocycles. The monoisotopic (exact) mass is 585 g/mol. The van der Waals surface area contributed by atoms with E-state index in [1.54, 1.807) is 48.7 Å². The largest absolute Gasteiger partial charge is 0.493 e. The summed E-state index contributed by atoms with van der Waals surface area (Å²) >= 11 is 1.58. The minimum Gasteiger partial charge on any atom is -0.493 e. The van der Waals surface area contributed by atoms with E-state index in [0.717, 1.165) is 28.0 Å². The van der Waals surface area contributed by atoms with Crippen molar-refractivity contribution in [2.75, 3.05) is 39.2 Å². The van der Waals surface area contributed by atoms with Crippen LogP contribution in [-0.4, -0.2) is 56.6 Å². The minimum atomic E-state index is -0.741. The molecular weight excluding hydrogens is 554 g/mol. The second-order valence-corrected chi connectivity index (χ2v) is 10.5. The fourth-order valence-corrected chi connectivity index (χ4v) is 5.67. The van der Waals surface area contributed by atoms with Gasteiger partial charge in [-0.05, 0) is 66.0 Å². The Balaban J connectivity index is 1.64. The lowest BCUT2D eigenvalue weighted by Gasteiger charge is -2.17. The Morgan fingerprint density at radius 1 is 1.00 bits per heavy atom. The highest BCUT2D eigenvalue weighted by molar-refractivity contribution is 7.13. The van der Waals surface area contributed by atoms with Gasteiger partial charge in [0.05, 0.1) is 13.7 Å². The van der Waals surface area contributed by atoms with Gasteiger partial charge in [-0.3, -0.25) is 9.59 Å². The number of ether oxygens (including phenoxy) is 2. The fraction of sp³-hybridized carbons (Fsp3) is 0.226. The molecule has 216 valence electrons. The summed E-state index contributed by atoms with van der Waals surface area (Å²) in [6, 6.07) is 16.0. The zero-order valence-electron chi connectivity index (χ0n) is 23.3. The van der Waals surface area contributed by atoms with Crippen molar-refractivity contribution in [3.63, 3.8) is 0 Å². The summed E-state index contributed by atoms with van der Waals surface area (Å²) in [6.45, 7) is 1.81. The lowest BCUT2D eigenvalue weighted by Crippen LogP contribution is -2.31. The van der Waals surface area contributed by atoms with E-state index >= 15 is 0 Å². The SMILES string of the molecule is CNCCNC(=O)c1ccc(-c2cc3c(cc2C(=O)Nc2ccc(CN)cc2)-c2sccc2CCO3)c(C(=O)OC)n1. The molecule has 3 heterocycles. The molecule has 0 saturated carbocycles. The third-order valence-electron chi connectivity index (χ3n) is 6.89.